The van der Waals surface area contributed by atoms with E-state index in [0.717, 1.165) is 30.6 Å². The highest BCUT2D eigenvalue weighted by Gasteiger charge is 2.49. The maximum absolute atomic E-state index is 11.4. The minimum absolute atomic E-state index is 0.0201. The number of benzene rings is 1. The Balaban J connectivity index is 1.88. The van der Waals surface area contributed by atoms with Crippen molar-refractivity contribution in [2.45, 2.75) is 37.3 Å². The van der Waals surface area contributed by atoms with Gasteiger partial charge in [-0.1, -0.05) is 12.1 Å². The van der Waals surface area contributed by atoms with E-state index in [4.69, 9.17) is 4.74 Å². The van der Waals surface area contributed by atoms with E-state index >= 15 is 0 Å². The summed E-state index contributed by atoms with van der Waals surface area (Å²) >= 11 is 0. The van der Waals surface area contributed by atoms with E-state index in [9.17, 15) is 15.0 Å². The van der Waals surface area contributed by atoms with E-state index in [-0.39, 0.29) is 30.5 Å². The van der Waals surface area contributed by atoms with E-state index in [1.807, 2.05) is 24.3 Å². The first-order valence-electron chi connectivity index (χ1n) is 7.41. The van der Waals surface area contributed by atoms with Gasteiger partial charge >= 0.3 is 6.09 Å². The molecule has 2 bridgehead atoms. The largest absolute Gasteiger partial charge is 0.497 e. The Morgan fingerprint density at radius 3 is 2.62 bits per heavy atom. The molecule has 1 amide bonds. The third kappa shape index (κ3) is 2.35. The van der Waals surface area contributed by atoms with E-state index in [0.29, 0.717) is 0 Å². The van der Waals surface area contributed by atoms with Crippen molar-refractivity contribution < 1.29 is 19.7 Å². The predicted molar refractivity (Wildman–Crippen MR) is 77.6 cm³/mol. The number of carbonyl (C=O) groups is 1. The topological polar surface area (TPSA) is 70.0 Å². The Hall–Kier alpha value is -1.75. The average molecular weight is 291 g/mol. The van der Waals surface area contributed by atoms with Crippen LogP contribution in [-0.4, -0.2) is 47.0 Å². The molecule has 5 nitrogen and oxygen atoms in total. The van der Waals surface area contributed by atoms with Crippen molar-refractivity contribution in [2.75, 3.05) is 13.7 Å². The van der Waals surface area contributed by atoms with Crippen molar-refractivity contribution in [2.24, 2.45) is 5.92 Å². The van der Waals surface area contributed by atoms with E-state index in [2.05, 4.69) is 0 Å². The Morgan fingerprint density at radius 1 is 1.33 bits per heavy atom. The molecular formula is C16H21NO4. The Bertz CT molecular complexity index is 516. The van der Waals surface area contributed by atoms with Crippen LogP contribution in [0.4, 0.5) is 4.79 Å². The quantitative estimate of drug-likeness (QED) is 0.896. The lowest BCUT2D eigenvalue weighted by Gasteiger charge is -2.43. The highest BCUT2D eigenvalue weighted by Crippen LogP contribution is 2.46. The number of rotatable bonds is 3. The molecule has 3 rings (SSSR count). The van der Waals surface area contributed by atoms with Crippen LogP contribution in [0.15, 0.2) is 24.3 Å². The van der Waals surface area contributed by atoms with Gasteiger partial charge in [0.05, 0.1) is 7.11 Å². The number of carboxylic acid groups (broad SMARTS) is 1. The van der Waals surface area contributed by atoms with E-state index in [1.54, 1.807) is 12.0 Å². The number of hydrogen-bond acceptors (Lipinski definition) is 3. The first-order valence-corrected chi connectivity index (χ1v) is 7.41. The molecule has 0 aromatic heterocycles. The summed E-state index contributed by atoms with van der Waals surface area (Å²) in [7, 11) is 1.64. The molecule has 5 heteroatoms. The number of aliphatic hydroxyl groups is 1. The first-order chi connectivity index (χ1) is 10.2. The van der Waals surface area contributed by atoms with Crippen LogP contribution in [-0.2, 0) is 0 Å². The SMILES string of the molecule is COc1ccc(C2CC3CCC(C2CO)N3C(=O)O)cc1. The molecule has 0 radical (unpaired) electrons. The summed E-state index contributed by atoms with van der Waals surface area (Å²) in [4.78, 5) is 13.0. The second-order valence-electron chi connectivity index (χ2n) is 5.95. The first kappa shape index (κ1) is 14.2. The van der Waals surface area contributed by atoms with Crippen LogP contribution in [0.1, 0.15) is 30.7 Å². The smallest absolute Gasteiger partial charge is 0.407 e. The van der Waals surface area contributed by atoms with Gasteiger partial charge < -0.3 is 19.8 Å². The number of methoxy groups -OCH3 is 1. The third-order valence-electron chi connectivity index (χ3n) is 5.06. The van der Waals surface area contributed by atoms with Crippen LogP contribution in [0.25, 0.3) is 0 Å². The van der Waals surface area contributed by atoms with Gasteiger partial charge in [-0.15, -0.1) is 0 Å². The molecular weight excluding hydrogens is 270 g/mol. The van der Waals surface area contributed by atoms with Gasteiger partial charge in [0.1, 0.15) is 5.75 Å². The van der Waals surface area contributed by atoms with Crippen molar-refractivity contribution in [1.29, 1.82) is 0 Å². The third-order valence-corrected chi connectivity index (χ3v) is 5.06. The number of fused-ring (bicyclic) bond motifs is 2. The van der Waals surface area contributed by atoms with Gasteiger partial charge in [-0.25, -0.2) is 4.79 Å². The van der Waals surface area contributed by atoms with Gasteiger partial charge in [0.25, 0.3) is 0 Å². The number of aliphatic hydroxyl groups excluding tert-OH is 1. The molecule has 4 atom stereocenters. The molecule has 2 N–H and O–H groups in total. The van der Waals surface area contributed by atoms with Crippen molar-refractivity contribution in [1.82, 2.24) is 4.90 Å². The van der Waals surface area contributed by atoms with Crippen LogP contribution in [0.3, 0.4) is 0 Å². The highest BCUT2D eigenvalue weighted by molar-refractivity contribution is 5.67. The molecule has 1 aromatic rings. The summed E-state index contributed by atoms with van der Waals surface area (Å²) in [6.07, 6.45) is 1.70. The van der Waals surface area contributed by atoms with Gasteiger partial charge in [-0.3, -0.25) is 0 Å². The zero-order valence-corrected chi connectivity index (χ0v) is 12.1. The molecule has 114 valence electrons. The second kappa shape index (κ2) is 5.56. The molecule has 0 saturated carbocycles. The summed E-state index contributed by atoms with van der Waals surface area (Å²) in [5.74, 6) is 1.01. The highest BCUT2D eigenvalue weighted by atomic mass is 16.5. The zero-order valence-electron chi connectivity index (χ0n) is 12.1. The number of piperidine rings is 1. The van der Waals surface area contributed by atoms with Crippen LogP contribution in [0, 0.1) is 5.92 Å². The van der Waals surface area contributed by atoms with Gasteiger partial charge in [-0.2, -0.15) is 0 Å². The maximum Gasteiger partial charge on any atom is 0.407 e. The molecule has 1 aromatic carbocycles. The Kier molecular flexibility index (Phi) is 3.76. The summed E-state index contributed by atoms with van der Waals surface area (Å²) in [5, 5.41) is 19.2. The van der Waals surface area contributed by atoms with Crippen LogP contribution in [0.5, 0.6) is 5.75 Å². The molecule has 2 aliphatic heterocycles. The number of ether oxygens (including phenoxy) is 1. The van der Waals surface area contributed by atoms with Crippen LogP contribution in [0.2, 0.25) is 0 Å². The molecule has 4 unspecified atom stereocenters. The van der Waals surface area contributed by atoms with E-state index < -0.39 is 6.09 Å². The lowest BCUT2D eigenvalue weighted by Crippen LogP contribution is -2.51. The number of nitrogens with zero attached hydrogens (tertiary/aromatic N) is 1. The molecule has 2 fully saturated rings. The predicted octanol–water partition coefficient (Wildman–Crippen LogP) is 2.30. The van der Waals surface area contributed by atoms with E-state index in [1.165, 1.54) is 0 Å². The summed E-state index contributed by atoms with van der Waals surface area (Å²) in [6, 6.07) is 7.94. The van der Waals surface area contributed by atoms with Crippen LogP contribution >= 0.6 is 0 Å². The lowest BCUT2D eigenvalue weighted by molar-refractivity contribution is 0.0425. The molecule has 2 saturated heterocycles. The van der Waals surface area contributed by atoms with Gasteiger partial charge in [0, 0.05) is 24.6 Å². The molecule has 21 heavy (non-hydrogen) atoms. The van der Waals surface area contributed by atoms with Gasteiger partial charge in [0.15, 0.2) is 0 Å². The second-order valence-corrected chi connectivity index (χ2v) is 5.95. The number of amides is 1. The van der Waals surface area contributed by atoms with Crippen molar-refractivity contribution in [3.05, 3.63) is 29.8 Å². The fourth-order valence-electron chi connectivity index (χ4n) is 4.08. The van der Waals surface area contributed by atoms with Crippen LogP contribution < -0.4 is 4.74 Å². The fraction of sp³-hybridized carbons (Fsp3) is 0.562. The summed E-state index contributed by atoms with van der Waals surface area (Å²) in [5.41, 5.74) is 1.16. The molecule has 0 spiro atoms. The monoisotopic (exact) mass is 291 g/mol. The zero-order chi connectivity index (χ0) is 15.0. The van der Waals surface area contributed by atoms with Gasteiger partial charge in [-0.05, 0) is 42.9 Å². The van der Waals surface area contributed by atoms with Crippen molar-refractivity contribution in [3.63, 3.8) is 0 Å². The van der Waals surface area contributed by atoms with Gasteiger partial charge in [0.2, 0.25) is 0 Å². The molecule has 2 heterocycles. The Labute approximate surface area is 124 Å². The van der Waals surface area contributed by atoms with Crippen molar-refractivity contribution >= 4 is 6.09 Å². The average Bonchev–Trinajstić information content (AvgIpc) is 2.83. The normalized spacial score (nSPS) is 31.2. The lowest BCUT2D eigenvalue weighted by atomic mass is 9.76. The fourth-order valence-corrected chi connectivity index (χ4v) is 4.08. The Morgan fingerprint density at radius 2 is 2.05 bits per heavy atom. The number of hydrogen-bond donors (Lipinski definition) is 2. The molecule has 2 aliphatic rings. The minimum atomic E-state index is -0.853. The standard InChI is InChI=1S/C16H21NO4/c1-21-12-5-2-10(3-6-12)13-8-11-4-7-15(14(13)9-18)17(11)16(19)20/h2-3,5-6,11,13-15,18H,4,7-9H2,1H3,(H,19,20). The minimum Gasteiger partial charge on any atom is -0.497 e. The molecule has 0 aliphatic carbocycles. The summed E-state index contributed by atoms with van der Waals surface area (Å²) in [6.45, 7) is 0.0257. The summed E-state index contributed by atoms with van der Waals surface area (Å²) < 4.78 is 5.18. The van der Waals surface area contributed by atoms with Crippen molar-refractivity contribution in [3.8, 4) is 5.75 Å². The maximum atomic E-state index is 11.4.